The number of amides is 1. The Balaban J connectivity index is 1.37. The molecule has 190 valence electrons. The molecule has 3 aromatic carbocycles. The van der Waals surface area contributed by atoms with Crippen molar-refractivity contribution in [1.82, 2.24) is 14.8 Å². The van der Waals surface area contributed by atoms with Crippen LogP contribution in [0, 0.1) is 0 Å². The molecule has 1 N–H and O–H groups in total. The molecule has 0 saturated carbocycles. The minimum absolute atomic E-state index is 0.0789. The van der Waals surface area contributed by atoms with Gasteiger partial charge >= 0.3 is 6.18 Å². The van der Waals surface area contributed by atoms with E-state index >= 15 is 0 Å². The van der Waals surface area contributed by atoms with Crippen LogP contribution in [-0.2, 0) is 17.5 Å². The Morgan fingerprint density at radius 2 is 1.81 bits per heavy atom. The van der Waals surface area contributed by atoms with Gasteiger partial charge in [0.05, 0.1) is 23.5 Å². The van der Waals surface area contributed by atoms with Gasteiger partial charge < -0.3 is 14.8 Å². The topological polar surface area (TPSA) is 78.3 Å². The molecule has 7 nitrogen and oxygen atoms in total. The van der Waals surface area contributed by atoms with Crippen LogP contribution in [0.1, 0.15) is 11.1 Å². The number of hydrogen-bond acceptors (Lipinski definition) is 6. The largest absolute Gasteiger partial charge is 0.454 e. The highest BCUT2D eigenvalue weighted by molar-refractivity contribution is 7.99. The van der Waals surface area contributed by atoms with Gasteiger partial charge in [-0.05, 0) is 35.9 Å². The van der Waals surface area contributed by atoms with Crippen molar-refractivity contribution < 1.29 is 27.4 Å². The zero-order valence-electron chi connectivity index (χ0n) is 19.0. The van der Waals surface area contributed by atoms with Crippen LogP contribution < -0.4 is 14.8 Å². The predicted molar refractivity (Wildman–Crippen MR) is 133 cm³/mol. The fourth-order valence-corrected chi connectivity index (χ4v) is 4.65. The zero-order chi connectivity index (χ0) is 26.0. The summed E-state index contributed by atoms with van der Waals surface area (Å²) in [6.45, 7) is 0.522. The summed E-state index contributed by atoms with van der Waals surface area (Å²) in [6.07, 6.45) is -4.67. The van der Waals surface area contributed by atoms with E-state index in [0.29, 0.717) is 29.0 Å². The van der Waals surface area contributed by atoms with Crippen molar-refractivity contribution in [3.63, 3.8) is 0 Å². The number of nitrogens with zero attached hydrogens (tertiary/aromatic N) is 3. The van der Waals surface area contributed by atoms with Gasteiger partial charge in [0.2, 0.25) is 12.7 Å². The molecular weight excluding hydrogens is 529 g/mol. The number of rotatable bonds is 7. The Morgan fingerprint density at radius 1 is 1.03 bits per heavy atom. The third-order valence-electron chi connectivity index (χ3n) is 5.42. The van der Waals surface area contributed by atoms with Crippen molar-refractivity contribution in [2.45, 2.75) is 17.9 Å². The number of halogens is 4. The molecule has 4 aromatic rings. The SMILES string of the molecule is O=C(CSc1nnc(-c2ccccc2)n1Cc1ccc2c(c1)OCO2)Nc1ccc(Cl)cc1C(F)(F)F. The molecule has 1 amide bonds. The first kappa shape index (κ1) is 25.0. The maximum atomic E-state index is 13.4. The first-order chi connectivity index (χ1) is 17.8. The standard InChI is InChI=1S/C25H18ClF3N4O3S/c26-17-7-8-19(18(11-17)25(27,28)29)30-22(34)13-37-24-32-31-23(16-4-2-1-3-5-16)33(24)12-15-6-9-20-21(10-15)36-14-35-20/h1-11H,12-14H2,(H,30,34). The predicted octanol–water partition coefficient (Wildman–Crippen LogP) is 6.13. The van der Waals surface area contributed by atoms with Gasteiger partial charge in [0.1, 0.15) is 0 Å². The lowest BCUT2D eigenvalue weighted by Gasteiger charge is -2.14. The quantitative estimate of drug-likeness (QED) is 0.281. The van der Waals surface area contributed by atoms with E-state index in [-0.39, 0.29) is 23.3 Å². The van der Waals surface area contributed by atoms with Crippen LogP contribution in [0.25, 0.3) is 11.4 Å². The van der Waals surface area contributed by atoms with Crippen LogP contribution in [0.5, 0.6) is 11.5 Å². The first-order valence-electron chi connectivity index (χ1n) is 10.9. The van der Waals surface area contributed by atoms with Crippen LogP contribution in [0.15, 0.2) is 71.9 Å². The van der Waals surface area contributed by atoms with Crippen molar-refractivity contribution >= 4 is 35.0 Å². The normalized spacial score (nSPS) is 12.5. The van der Waals surface area contributed by atoms with E-state index in [9.17, 15) is 18.0 Å². The van der Waals surface area contributed by atoms with Gasteiger partial charge in [-0.3, -0.25) is 9.36 Å². The maximum absolute atomic E-state index is 13.4. The van der Waals surface area contributed by atoms with E-state index in [4.69, 9.17) is 21.1 Å². The molecule has 12 heteroatoms. The zero-order valence-corrected chi connectivity index (χ0v) is 20.5. The van der Waals surface area contributed by atoms with Crippen molar-refractivity contribution in [1.29, 1.82) is 0 Å². The number of carbonyl (C=O) groups is 1. The average Bonchev–Trinajstić information content (AvgIpc) is 3.50. The highest BCUT2D eigenvalue weighted by Crippen LogP contribution is 2.37. The molecule has 0 aliphatic carbocycles. The molecule has 0 radical (unpaired) electrons. The summed E-state index contributed by atoms with van der Waals surface area (Å²) in [5.74, 6) is 1.05. The van der Waals surface area contributed by atoms with Gasteiger partial charge in [-0.2, -0.15) is 13.2 Å². The Kier molecular flexibility index (Phi) is 6.98. The number of alkyl halides is 3. The summed E-state index contributed by atoms with van der Waals surface area (Å²) in [6, 6.07) is 18.2. The second kappa shape index (κ2) is 10.3. The van der Waals surface area contributed by atoms with Crippen molar-refractivity contribution in [3.8, 4) is 22.9 Å². The molecule has 1 aliphatic rings. The minimum atomic E-state index is -4.67. The molecule has 2 heterocycles. The molecule has 0 atom stereocenters. The molecule has 0 bridgehead atoms. The summed E-state index contributed by atoms with van der Waals surface area (Å²) in [5, 5.41) is 11.2. The third kappa shape index (κ3) is 5.67. The van der Waals surface area contributed by atoms with E-state index < -0.39 is 17.6 Å². The summed E-state index contributed by atoms with van der Waals surface area (Å²) in [4.78, 5) is 12.6. The maximum Gasteiger partial charge on any atom is 0.418 e. The molecular formula is C25H18ClF3N4O3S. The number of aromatic nitrogens is 3. The molecule has 1 aliphatic heterocycles. The Labute approximate surface area is 218 Å². The highest BCUT2D eigenvalue weighted by atomic mass is 35.5. The van der Waals surface area contributed by atoms with Gasteiger partial charge in [0.25, 0.3) is 0 Å². The number of anilines is 1. The second-order valence-corrected chi connectivity index (χ2v) is 9.35. The third-order valence-corrected chi connectivity index (χ3v) is 6.62. The fraction of sp³-hybridized carbons (Fsp3) is 0.160. The molecule has 0 saturated heterocycles. The molecule has 0 fully saturated rings. The number of hydrogen-bond donors (Lipinski definition) is 1. The summed E-state index contributed by atoms with van der Waals surface area (Å²) in [5.41, 5.74) is 0.330. The second-order valence-electron chi connectivity index (χ2n) is 7.97. The Morgan fingerprint density at radius 3 is 2.59 bits per heavy atom. The van der Waals surface area contributed by atoms with Crippen LogP contribution in [0.3, 0.4) is 0 Å². The van der Waals surface area contributed by atoms with Gasteiger partial charge in [0, 0.05) is 10.6 Å². The molecule has 0 unspecified atom stereocenters. The lowest BCUT2D eigenvalue weighted by molar-refractivity contribution is -0.137. The van der Waals surface area contributed by atoms with Crippen LogP contribution >= 0.6 is 23.4 Å². The monoisotopic (exact) mass is 546 g/mol. The number of benzene rings is 3. The first-order valence-corrected chi connectivity index (χ1v) is 12.3. The lowest BCUT2D eigenvalue weighted by Crippen LogP contribution is -2.18. The summed E-state index contributed by atoms with van der Waals surface area (Å²) >= 11 is 6.78. The summed E-state index contributed by atoms with van der Waals surface area (Å²) < 4.78 is 52.8. The number of fused-ring (bicyclic) bond motifs is 1. The Hall–Kier alpha value is -3.70. The molecule has 0 spiro atoms. The van der Waals surface area contributed by atoms with E-state index in [1.165, 1.54) is 6.07 Å². The molecule has 1 aromatic heterocycles. The summed E-state index contributed by atoms with van der Waals surface area (Å²) in [7, 11) is 0. The molecule has 37 heavy (non-hydrogen) atoms. The highest BCUT2D eigenvalue weighted by Gasteiger charge is 2.34. The smallest absolute Gasteiger partial charge is 0.418 e. The van der Waals surface area contributed by atoms with Crippen molar-refractivity contribution in [2.24, 2.45) is 0 Å². The number of thioether (sulfide) groups is 1. The number of ether oxygens (including phenoxy) is 2. The fourth-order valence-electron chi connectivity index (χ4n) is 3.74. The molecule has 5 rings (SSSR count). The number of nitrogens with one attached hydrogen (secondary N) is 1. The van der Waals surface area contributed by atoms with Crippen molar-refractivity contribution in [3.05, 3.63) is 82.9 Å². The van der Waals surface area contributed by atoms with Gasteiger partial charge in [-0.25, -0.2) is 0 Å². The van der Waals surface area contributed by atoms with Gasteiger partial charge in [0.15, 0.2) is 22.5 Å². The number of carbonyl (C=O) groups excluding carboxylic acids is 1. The van der Waals surface area contributed by atoms with Crippen LogP contribution in [0.4, 0.5) is 18.9 Å². The van der Waals surface area contributed by atoms with E-state index in [2.05, 4.69) is 15.5 Å². The lowest BCUT2D eigenvalue weighted by atomic mass is 10.1. The van der Waals surface area contributed by atoms with Crippen LogP contribution in [0.2, 0.25) is 5.02 Å². The van der Waals surface area contributed by atoms with E-state index in [0.717, 1.165) is 35.0 Å². The van der Waals surface area contributed by atoms with E-state index in [1.54, 1.807) is 0 Å². The minimum Gasteiger partial charge on any atom is -0.454 e. The van der Waals surface area contributed by atoms with Crippen molar-refractivity contribution in [2.75, 3.05) is 17.9 Å². The van der Waals surface area contributed by atoms with E-state index in [1.807, 2.05) is 53.1 Å². The van der Waals surface area contributed by atoms with Crippen LogP contribution in [-0.4, -0.2) is 33.2 Å². The van der Waals surface area contributed by atoms with Gasteiger partial charge in [-0.1, -0.05) is 59.8 Å². The van der Waals surface area contributed by atoms with Gasteiger partial charge in [-0.15, -0.1) is 10.2 Å². The Bertz CT molecular complexity index is 1450. The average molecular weight is 547 g/mol.